The molecule has 1 aliphatic heterocycles. The summed E-state index contributed by atoms with van der Waals surface area (Å²) >= 11 is 0. The van der Waals surface area contributed by atoms with Crippen molar-refractivity contribution >= 4 is 11.9 Å². The molecule has 1 rings (SSSR count). The summed E-state index contributed by atoms with van der Waals surface area (Å²) in [4.78, 5) is 24.4. The predicted molar refractivity (Wildman–Crippen MR) is 71.9 cm³/mol. The lowest BCUT2D eigenvalue weighted by Gasteiger charge is -2.55. The minimum Gasteiger partial charge on any atom is -0.481 e. The molecule has 0 aromatic carbocycles. The number of piperidine rings is 1. The summed E-state index contributed by atoms with van der Waals surface area (Å²) in [6.45, 7) is 9.34. The van der Waals surface area contributed by atoms with Crippen molar-refractivity contribution in [3.8, 4) is 0 Å². The van der Waals surface area contributed by atoms with Crippen molar-refractivity contribution in [2.45, 2.75) is 58.6 Å². The first-order valence-electron chi connectivity index (χ1n) is 6.71. The molecule has 19 heavy (non-hydrogen) atoms. The molecule has 0 saturated carbocycles. The van der Waals surface area contributed by atoms with Gasteiger partial charge in [-0.3, -0.25) is 9.59 Å². The van der Waals surface area contributed by atoms with E-state index in [1.54, 1.807) is 0 Å². The van der Waals surface area contributed by atoms with Crippen LogP contribution in [0.3, 0.4) is 0 Å². The van der Waals surface area contributed by atoms with Gasteiger partial charge in [-0.2, -0.15) is 0 Å². The van der Waals surface area contributed by atoms with Gasteiger partial charge in [0.05, 0.1) is 12.8 Å². The van der Waals surface area contributed by atoms with Crippen LogP contribution in [0.1, 0.15) is 47.0 Å². The van der Waals surface area contributed by atoms with Crippen LogP contribution >= 0.6 is 0 Å². The van der Waals surface area contributed by atoms with Gasteiger partial charge in [0.2, 0.25) is 0 Å². The Balaban J connectivity index is 2.68. The maximum Gasteiger partial charge on any atom is 0.306 e. The normalized spacial score (nSPS) is 25.8. The molecule has 0 aromatic heterocycles. The van der Waals surface area contributed by atoms with Gasteiger partial charge in [-0.1, -0.05) is 13.8 Å². The number of aliphatic carboxylic acids is 1. The molecule has 1 saturated heterocycles. The molecule has 0 aromatic rings. The van der Waals surface area contributed by atoms with Gasteiger partial charge in [-0.05, 0) is 27.3 Å². The number of nitrogens with zero attached hydrogens (tertiary/aromatic N) is 1. The summed E-state index contributed by atoms with van der Waals surface area (Å²) in [5.74, 6) is -1.39. The quantitative estimate of drug-likeness (QED) is 0.791. The molecule has 0 amide bonds. The van der Waals surface area contributed by atoms with Crippen LogP contribution in [0.25, 0.3) is 0 Å². The van der Waals surface area contributed by atoms with E-state index in [0.29, 0.717) is 0 Å². The third kappa shape index (κ3) is 3.26. The first kappa shape index (κ1) is 16.0. The number of likely N-dealkylation sites (tertiary alicyclic amines) is 1. The molecular weight excluding hydrogens is 246 g/mol. The Hall–Kier alpha value is -1.10. The molecule has 1 aliphatic rings. The van der Waals surface area contributed by atoms with E-state index < -0.39 is 11.9 Å². The summed E-state index contributed by atoms with van der Waals surface area (Å²) in [7, 11) is 2.07. The van der Waals surface area contributed by atoms with E-state index in [-0.39, 0.29) is 29.9 Å². The fourth-order valence-corrected chi connectivity index (χ4v) is 2.47. The molecule has 1 atom stereocenters. The van der Waals surface area contributed by atoms with Crippen LogP contribution in [-0.2, 0) is 14.3 Å². The molecule has 5 heteroatoms. The summed E-state index contributed by atoms with van der Waals surface area (Å²) in [5.41, 5.74) is -0.262. The highest BCUT2D eigenvalue weighted by molar-refractivity contribution is 5.76. The molecule has 110 valence electrons. The van der Waals surface area contributed by atoms with Gasteiger partial charge in [-0.15, -0.1) is 0 Å². The zero-order chi connectivity index (χ0) is 14.8. The van der Waals surface area contributed by atoms with Gasteiger partial charge in [0.1, 0.15) is 6.10 Å². The molecule has 1 heterocycles. The van der Waals surface area contributed by atoms with Crippen molar-refractivity contribution < 1.29 is 19.4 Å². The number of carboxylic acid groups (broad SMARTS) is 1. The van der Waals surface area contributed by atoms with Gasteiger partial charge >= 0.3 is 11.9 Å². The molecule has 5 nitrogen and oxygen atoms in total. The lowest BCUT2D eigenvalue weighted by Crippen LogP contribution is -2.62. The Morgan fingerprint density at radius 1 is 1.26 bits per heavy atom. The minimum absolute atomic E-state index is 0.0574. The van der Waals surface area contributed by atoms with E-state index in [2.05, 4.69) is 39.6 Å². The number of carboxylic acids is 1. The van der Waals surface area contributed by atoms with Crippen LogP contribution < -0.4 is 0 Å². The van der Waals surface area contributed by atoms with Crippen molar-refractivity contribution in [2.24, 2.45) is 5.41 Å². The fourth-order valence-electron chi connectivity index (χ4n) is 2.47. The Kier molecular flexibility index (Phi) is 4.61. The summed E-state index contributed by atoms with van der Waals surface area (Å²) in [6, 6.07) is 0. The lowest BCUT2D eigenvalue weighted by atomic mass is 9.66. The SMILES string of the molecule is CN1CCC(OC(=O)CCC(=O)O)C(C)(C)C1(C)C. The highest BCUT2D eigenvalue weighted by Gasteiger charge is 2.50. The van der Waals surface area contributed by atoms with E-state index >= 15 is 0 Å². The third-order valence-corrected chi connectivity index (χ3v) is 4.88. The molecule has 0 bridgehead atoms. The van der Waals surface area contributed by atoms with Crippen LogP contribution in [-0.4, -0.2) is 47.2 Å². The van der Waals surface area contributed by atoms with Crippen LogP contribution in [0.4, 0.5) is 0 Å². The molecule has 0 radical (unpaired) electrons. The van der Waals surface area contributed by atoms with Crippen molar-refractivity contribution in [2.75, 3.05) is 13.6 Å². The van der Waals surface area contributed by atoms with Crippen LogP contribution in [0.15, 0.2) is 0 Å². The number of carbonyl (C=O) groups is 2. The van der Waals surface area contributed by atoms with Crippen molar-refractivity contribution in [1.82, 2.24) is 4.90 Å². The van der Waals surface area contributed by atoms with E-state index in [9.17, 15) is 9.59 Å². The van der Waals surface area contributed by atoms with Crippen LogP contribution in [0.5, 0.6) is 0 Å². The van der Waals surface area contributed by atoms with E-state index in [1.807, 2.05) is 0 Å². The summed E-state index contributed by atoms with van der Waals surface area (Å²) in [5, 5.41) is 8.57. The van der Waals surface area contributed by atoms with Gasteiger partial charge in [0.15, 0.2) is 0 Å². The number of hydrogen-bond acceptors (Lipinski definition) is 4. The number of rotatable bonds is 4. The fraction of sp³-hybridized carbons (Fsp3) is 0.857. The highest BCUT2D eigenvalue weighted by Crippen LogP contribution is 2.44. The first-order chi connectivity index (χ1) is 8.59. The topological polar surface area (TPSA) is 66.8 Å². The monoisotopic (exact) mass is 271 g/mol. The van der Waals surface area contributed by atoms with E-state index in [0.717, 1.165) is 13.0 Å². The van der Waals surface area contributed by atoms with Gasteiger partial charge < -0.3 is 14.7 Å². The predicted octanol–water partition coefficient (Wildman–Crippen LogP) is 1.90. The molecule has 0 spiro atoms. The van der Waals surface area contributed by atoms with E-state index in [4.69, 9.17) is 9.84 Å². The van der Waals surface area contributed by atoms with Gasteiger partial charge in [0, 0.05) is 17.5 Å². The third-order valence-electron chi connectivity index (χ3n) is 4.88. The van der Waals surface area contributed by atoms with Gasteiger partial charge in [0.25, 0.3) is 0 Å². The number of esters is 1. The zero-order valence-corrected chi connectivity index (χ0v) is 12.5. The molecule has 1 fully saturated rings. The zero-order valence-electron chi connectivity index (χ0n) is 12.5. The number of hydrogen-bond donors (Lipinski definition) is 1. The highest BCUT2D eigenvalue weighted by atomic mass is 16.5. The summed E-state index contributed by atoms with van der Waals surface area (Å²) in [6.07, 6.45) is 0.388. The Bertz CT molecular complexity index is 362. The smallest absolute Gasteiger partial charge is 0.306 e. The standard InChI is InChI=1S/C14H25NO4/c1-13(2)10(8-9-15(5)14(13,3)4)19-12(18)7-6-11(16)17/h10H,6-9H2,1-5H3,(H,16,17). The van der Waals surface area contributed by atoms with Crippen molar-refractivity contribution in [3.63, 3.8) is 0 Å². The lowest BCUT2D eigenvalue weighted by molar-refractivity contribution is -0.172. The number of carbonyl (C=O) groups excluding carboxylic acids is 1. The largest absolute Gasteiger partial charge is 0.481 e. The first-order valence-corrected chi connectivity index (χ1v) is 6.71. The molecule has 1 unspecified atom stereocenters. The second kappa shape index (κ2) is 5.49. The van der Waals surface area contributed by atoms with Crippen LogP contribution in [0, 0.1) is 5.41 Å². The van der Waals surface area contributed by atoms with Crippen LogP contribution in [0.2, 0.25) is 0 Å². The second-order valence-corrected chi connectivity index (χ2v) is 6.36. The number of ether oxygens (including phenoxy) is 1. The molecule has 0 aliphatic carbocycles. The van der Waals surface area contributed by atoms with Crippen molar-refractivity contribution in [1.29, 1.82) is 0 Å². The maximum atomic E-state index is 11.7. The average molecular weight is 271 g/mol. The maximum absolute atomic E-state index is 11.7. The summed E-state index contributed by atoms with van der Waals surface area (Å²) < 4.78 is 5.51. The Morgan fingerprint density at radius 2 is 1.84 bits per heavy atom. The molecular formula is C14H25NO4. The van der Waals surface area contributed by atoms with E-state index in [1.165, 1.54) is 0 Å². The second-order valence-electron chi connectivity index (χ2n) is 6.36. The van der Waals surface area contributed by atoms with Gasteiger partial charge in [-0.25, -0.2) is 0 Å². The molecule has 1 N–H and O–H groups in total. The Morgan fingerprint density at radius 3 is 2.37 bits per heavy atom. The van der Waals surface area contributed by atoms with Crippen molar-refractivity contribution in [3.05, 3.63) is 0 Å². The minimum atomic E-state index is -0.972. The Labute approximate surface area is 114 Å². The average Bonchev–Trinajstić information content (AvgIpc) is 2.29.